The molecule has 2 nitrogen and oxygen atoms in total. The number of methoxy groups -OCH3 is 1. The van der Waals surface area contributed by atoms with Crippen LogP contribution in [0.2, 0.25) is 5.02 Å². The summed E-state index contributed by atoms with van der Waals surface area (Å²) in [5.74, 6) is 0.944. The maximum Gasteiger partial charge on any atom is 0.128 e. The Morgan fingerprint density at radius 2 is 2.00 bits per heavy atom. The van der Waals surface area contributed by atoms with Crippen molar-refractivity contribution in [1.29, 1.82) is 0 Å². The predicted molar refractivity (Wildman–Crippen MR) is 70.5 cm³/mol. The highest BCUT2D eigenvalue weighted by Gasteiger charge is 2.26. The summed E-state index contributed by atoms with van der Waals surface area (Å²) in [7, 11) is 1.73. The van der Waals surface area contributed by atoms with E-state index in [-0.39, 0.29) is 0 Å². The van der Waals surface area contributed by atoms with Crippen LogP contribution in [0.4, 0.5) is 0 Å². The van der Waals surface area contributed by atoms with Crippen LogP contribution >= 0.6 is 11.6 Å². The normalized spacial score (nSPS) is 18.2. The Hall–Kier alpha value is -1.15. The van der Waals surface area contributed by atoms with Gasteiger partial charge in [0.15, 0.2) is 0 Å². The first kappa shape index (κ1) is 11.0. The van der Waals surface area contributed by atoms with E-state index in [1.165, 1.54) is 29.7 Å². The molecule has 1 aliphatic heterocycles. The Morgan fingerprint density at radius 3 is 2.71 bits per heavy atom. The minimum Gasteiger partial charge on any atom is -0.496 e. The zero-order chi connectivity index (χ0) is 11.8. The molecule has 1 aromatic carbocycles. The molecule has 0 spiro atoms. The average molecular weight is 250 g/mol. The molecule has 17 heavy (non-hydrogen) atoms. The number of nitrogens with zero attached hydrogens (tertiary/aromatic N) is 1. The van der Waals surface area contributed by atoms with Crippen LogP contribution in [0.5, 0.6) is 5.75 Å². The van der Waals surface area contributed by atoms with Crippen LogP contribution in [0.15, 0.2) is 18.2 Å². The third-order valence-electron chi connectivity index (χ3n) is 3.64. The molecule has 0 saturated carbocycles. The quantitative estimate of drug-likeness (QED) is 0.797. The molecule has 0 unspecified atom stereocenters. The summed E-state index contributed by atoms with van der Waals surface area (Å²) in [6.07, 6.45) is 5.78. The molecule has 2 aliphatic rings. The zero-order valence-electron chi connectivity index (χ0n) is 10.0. The number of rotatable bonds is 2. The average Bonchev–Trinajstić information content (AvgIpc) is 2.98. The van der Waals surface area contributed by atoms with Crippen LogP contribution in [-0.4, -0.2) is 25.1 Å². The van der Waals surface area contributed by atoms with Gasteiger partial charge in [-0.15, -0.1) is 0 Å². The smallest absolute Gasteiger partial charge is 0.128 e. The molecule has 1 heterocycles. The van der Waals surface area contributed by atoms with Crippen LogP contribution in [-0.2, 0) is 6.42 Å². The predicted octanol–water partition coefficient (Wildman–Crippen LogP) is 3.34. The van der Waals surface area contributed by atoms with E-state index in [0.717, 1.165) is 30.3 Å². The van der Waals surface area contributed by atoms with Gasteiger partial charge in [-0.05, 0) is 37.0 Å². The lowest BCUT2D eigenvalue weighted by atomic mass is 10.1. The van der Waals surface area contributed by atoms with Crippen molar-refractivity contribution in [2.75, 3.05) is 20.2 Å². The first-order valence-corrected chi connectivity index (χ1v) is 6.50. The highest BCUT2D eigenvalue weighted by Crippen LogP contribution is 2.41. The molecule has 0 N–H and O–H groups in total. The minimum absolute atomic E-state index is 0.853. The summed E-state index contributed by atoms with van der Waals surface area (Å²) in [4.78, 5) is 2.45. The van der Waals surface area contributed by atoms with E-state index in [9.17, 15) is 0 Å². The van der Waals surface area contributed by atoms with Gasteiger partial charge in [-0.2, -0.15) is 0 Å². The molecular formula is C14H16ClNO. The van der Waals surface area contributed by atoms with Gasteiger partial charge in [-0.3, -0.25) is 0 Å². The Bertz CT molecular complexity index is 475. The molecule has 3 rings (SSSR count). The van der Waals surface area contributed by atoms with Crippen molar-refractivity contribution in [3.05, 3.63) is 34.4 Å². The number of halogens is 1. The molecule has 3 heteroatoms. The standard InChI is InChI=1S/C14H16ClNO/c1-17-13-7-5-11(15)10-4-6-12(14(10)13)16-8-2-3-9-16/h5-7H,2-4,8-9H2,1H3. The largest absolute Gasteiger partial charge is 0.496 e. The Kier molecular flexibility index (Phi) is 2.75. The monoisotopic (exact) mass is 249 g/mol. The van der Waals surface area contributed by atoms with E-state index in [1.807, 2.05) is 12.1 Å². The fourth-order valence-electron chi connectivity index (χ4n) is 2.80. The maximum absolute atomic E-state index is 6.26. The van der Waals surface area contributed by atoms with E-state index in [0.29, 0.717) is 0 Å². The number of hydrogen-bond acceptors (Lipinski definition) is 2. The fraction of sp³-hybridized carbons (Fsp3) is 0.429. The molecule has 1 saturated heterocycles. The molecule has 0 amide bonds. The summed E-state index contributed by atoms with van der Waals surface area (Å²) in [6, 6.07) is 3.90. The molecule has 90 valence electrons. The second-order valence-corrected chi connectivity index (χ2v) is 5.00. The molecule has 0 atom stereocenters. The van der Waals surface area contributed by atoms with E-state index in [2.05, 4.69) is 11.0 Å². The van der Waals surface area contributed by atoms with Gasteiger partial charge < -0.3 is 9.64 Å². The summed E-state index contributed by atoms with van der Waals surface area (Å²) >= 11 is 6.26. The van der Waals surface area contributed by atoms with Gasteiger partial charge in [0.1, 0.15) is 5.75 Å². The SMILES string of the molecule is COc1ccc(Cl)c2c1C(N1CCCC1)=CC2. The lowest BCUT2D eigenvalue weighted by Crippen LogP contribution is -2.17. The van der Waals surface area contributed by atoms with Crippen LogP contribution in [0.1, 0.15) is 24.0 Å². The molecule has 1 aromatic rings. The molecule has 0 bridgehead atoms. The number of ether oxygens (including phenoxy) is 1. The van der Waals surface area contributed by atoms with Crippen LogP contribution in [0.25, 0.3) is 5.70 Å². The second kappa shape index (κ2) is 4.26. The Balaban J connectivity index is 2.06. The summed E-state index contributed by atoms with van der Waals surface area (Å²) < 4.78 is 5.48. The number of allylic oxidation sites excluding steroid dienone is 1. The van der Waals surface area contributed by atoms with Crippen molar-refractivity contribution >= 4 is 17.3 Å². The van der Waals surface area contributed by atoms with Crippen LogP contribution in [0, 0.1) is 0 Å². The Morgan fingerprint density at radius 1 is 1.24 bits per heavy atom. The number of fused-ring (bicyclic) bond motifs is 1. The first-order chi connectivity index (χ1) is 8.31. The topological polar surface area (TPSA) is 12.5 Å². The van der Waals surface area contributed by atoms with Gasteiger partial charge >= 0.3 is 0 Å². The van der Waals surface area contributed by atoms with Gasteiger partial charge in [0.2, 0.25) is 0 Å². The molecule has 1 fully saturated rings. The summed E-state index contributed by atoms with van der Waals surface area (Å²) in [5, 5.41) is 0.853. The van der Waals surface area contributed by atoms with Crippen molar-refractivity contribution in [1.82, 2.24) is 4.90 Å². The van der Waals surface area contributed by atoms with Gasteiger partial charge in [0.05, 0.1) is 7.11 Å². The summed E-state index contributed by atoms with van der Waals surface area (Å²) in [5.41, 5.74) is 3.74. The number of likely N-dealkylation sites (tertiary alicyclic amines) is 1. The van der Waals surface area contributed by atoms with E-state index >= 15 is 0 Å². The van der Waals surface area contributed by atoms with Crippen molar-refractivity contribution in [3.63, 3.8) is 0 Å². The van der Waals surface area contributed by atoms with E-state index in [1.54, 1.807) is 7.11 Å². The molecule has 0 radical (unpaired) electrons. The van der Waals surface area contributed by atoms with Crippen molar-refractivity contribution in [2.45, 2.75) is 19.3 Å². The van der Waals surface area contributed by atoms with Crippen molar-refractivity contribution in [2.24, 2.45) is 0 Å². The van der Waals surface area contributed by atoms with Gasteiger partial charge in [0, 0.05) is 29.4 Å². The lowest BCUT2D eigenvalue weighted by Gasteiger charge is -2.22. The third kappa shape index (κ3) is 1.71. The molecule has 1 aliphatic carbocycles. The minimum atomic E-state index is 0.853. The molecular weight excluding hydrogens is 234 g/mol. The second-order valence-electron chi connectivity index (χ2n) is 4.59. The summed E-state index contributed by atoms with van der Waals surface area (Å²) in [6.45, 7) is 2.31. The number of benzene rings is 1. The molecule has 0 aromatic heterocycles. The first-order valence-electron chi connectivity index (χ1n) is 6.12. The van der Waals surface area contributed by atoms with E-state index in [4.69, 9.17) is 16.3 Å². The zero-order valence-corrected chi connectivity index (χ0v) is 10.8. The fourth-order valence-corrected chi connectivity index (χ4v) is 3.03. The lowest BCUT2D eigenvalue weighted by molar-refractivity contribution is 0.409. The van der Waals surface area contributed by atoms with Crippen molar-refractivity contribution in [3.8, 4) is 5.75 Å². The van der Waals surface area contributed by atoms with Crippen LogP contribution < -0.4 is 4.74 Å². The van der Waals surface area contributed by atoms with Gasteiger partial charge in [0.25, 0.3) is 0 Å². The van der Waals surface area contributed by atoms with Crippen LogP contribution in [0.3, 0.4) is 0 Å². The van der Waals surface area contributed by atoms with E-state index < -0.39 is 0 Å². The maximum atomic E-state index is 6.26. The highest BCUT2D eigenvalue weighted by atomic mass is 35.5. The van der Waals surface area contributed by atoms with Gasteiger partial charge in [-0.25, -0.2) is 0 Å². The highest BCUT2D eigenvalue weighted by molar-refractivity contribution is 6.31. The van der Waals surface area contributed by atoms with Gasteiger partial charge in [-0.1, -0.05) is 17.7 Å². The third-order valence-corrected chi connectivity index (χ3v) is 3.99. The number of hydrogen-bond donors (Lipinski definition) is 0. The Labute approximate surface area is 107 Å². The van der Waals surface area contributed by atoms with Crippen molar-refractivity contribution < 1.29 is 4.74 Å².